The monoisotopic (exact) mass is 347 g/mol. The van der Waals surface area contributed by atoms with Crippen molar-refractivity contribution in [3.63, 3.8) is 0 Å². The summed E-state index contributed by atoms with van der Waals surface area (Å²) in [6.07, 6.45) is 3.52. The third-order valence-electron chi connectivity index (χ3n) is 2.99. The van der Waals surface area contributed by atoms with Crippen LogP contribution in [-0.2, 0) is 0 Å². The highest BCUT2D eigenvalue weighted by Gasteiger charge is 2.05. The highest BCUT2D eigenvalue weighted by Crippen LogP contribution is 2.27. The van der Waals surface area contributed by atoms with Crippen molar-refractivity contribution < 1.29 is 0 Å². The molecule has 0 amide bonds. The Morgan fingerprint density at radius 1 is 1.15 bits per heavy atom. The van der Waals surface area contributed by atoms with Crippen LogP contribution in [0, 0.1) is 6.92 Å². The summed E-state index contributed by atoms with van der Waals surface area (Å²) in [5, 5.41) is 4.07. The Labute approximate surface area is 130 Å². The third kappa shape index (κ3) is 2.62. The second-order valence-corrected chi connectivity index (χ2v) is 5.79. The number of benzene rings is 1. The van der Waals surface area contributed by atoms with Gasteiger partial charge in [0.15, 0.2) is 0 Å². The third-order valence-corrected chi connectivity index (χ3v) is 3.84. The summed E-state index contributed by atoms with van der Waals surface area (Å²) in [6, 6.07) is 9.72. The van der Waals surface area contributed by atoms with Gasteiger partial charge in [-0.05, 0) is 52.7 Å². The minimum absolute atomic E-state index is 0.740. The van der Waals surface area contributed by atoms with Gasteiger partial charge in [-0.15, -0.1) is 0 Å². The van der Waals surface area contributed by atoms with Crippen LogP contribution in [0.25, 0.3) is 11.0 Å². The van der Waals surface area contributed by atoms with Gasteiger partial charge in [0, 0.05) is 27.6 Å². The van der Waals surface area contributed by atoms with E-state index in [1.807, 2.05) is 37.3 Å². The molecule has 0 saturated heterocycles. The SMILES string of the molecule is Cc1ccc(Nc2ccnc3cc(Br)cnc23)cc1Cl. The van der Waals surface area contributed by atoms with Gasteiger partial charge in [-0.25, -0.2) is 0 Å². The van der Waals surface area contributed by atoms with Gasteiger partial charge in [-0.3, -0.25) is 9.97 Å². The van der Waals surface area contributed by atoms with E-state index in [-0.39, 0.29) is 0 Å². The predicted octanol–water partition coefficient (Wildman–Crippen LogP) is 5.10. The molecular formula is C15H11BrClN3. The van der Waals surface area contributed by atoms with E-state index in [4.69, 9.17) is 11.6 Å². The highest BCUT2D eigenvalue weighted by atomic mass is 79.9. The lowest BCUT2D eigenvalue weighted by Gasteiger charge is -2.10. The Bertz CT molecular complexity index is 789. The second kappa shape index (κ2) is 5.38. The van der Waals surface area contributed by atoms with Gasteiger partial charge >= 0.3 is 0 Å². The largest absolute Gasteiger partial charge is 0.354 e. The van der Waals surface area contributed by atoms with Crippen LogP contribution in [0.15, 0.2) is 47.2 Å². The van der Waals surface area contributed by atoms with E-state index in [2.05, 4.69) is 31.2 Å². The molecule has 0 radical (unpaired) electrons. The topological polar surface area (TPSA) is 37.8 Å². The number of hydrogen-bond donors (Lipinski definition) is 1. The van der Waals surface area contributed by atoms with E-state index < -0.39 is 0 Å². The van der Waals surface area contributed by atoms with Crippen LogP contribution in [0.2, 0.25) is 5.02 Å². The minimum atomic E-state index is 0.740. The standard InChI is InChI=1S/C15H11BrClN3/c1-9-2-3-11(7-12(9)17)20-13-4-5-18-14-6-10(16)8-19-15(13)14/h2-8H,1H3,(H,18,20). The molecule has 0 aliphatic carbocycles. The fraction of sp³-hybridized carbons (Fsp3) is 0.0667. The van der Waals surface area contributed by atoms with Crippen LogP contribution in [-0.4, -0.2) is 9.97 Å². The minimum Gasteiger partial charge on any atom is -0.354 e. The maximum Gasteiger partial charge on any atom is 0.112 e. The smallest absolute Gasteiger partial charge is 0.112 e. The van der Waals surface area contributed by atoms with Crippen LogP contribution in [0.1, 0.15) is 5.56 Å². The Morgan fingerprint density at radius 2 is 2.00 bits per heavy atom. The zero-order valence-electron chi connectivity index (χ0n) is 10.7. The number of rotatable bonds is 2. The number of aromatic nitrogens is 2. The summed E-state index contributed by atoms with van der Waals surface area (Å²) in [6.45, 7) is 1.98. The first-order valence-corrected chi connectivity index (χ1v) is 7.24. The molecule has 2 aromatic heterocycles. The molecule has 0 atom stereocenters. The Hall–Kier alpha value is -1.65. The number of pyridine rings is 2. The molecule has 1 aromatic carbocycles. The fourth-order valence-corrected chi connectivity index (χ4v) is 2.43. The number of nitrogens with zero attached hydrogens (tertiary/aromatic N) is 2. The van der Waals surface area contributed by atoms with Crippen LogP contribution in [0.3, 0.4) is 0 Å². The molecule has 1 N–H and O–H groups in total. The average molecular weight is 349 g/mol. The maximum absolute atomic E-state index is 6.14. The number of hydrogen-bond acceptors (Lipinski definition) is 3. The van der Waals surface area contributed by atoms with Crippen LogP contribution in [0.5, 0.6) is 0 Å². The van der Waals surface area contributed by atoms with Crippen molar-refractivity contribution in [3.05, 3.63) is 57.8 Å². The van der Waals surface area contributed by atoms with E-state index in [9.17, 15) is 0 Å². The summed E-state index contributed by atoms with van der Waals surface area (Å²) < 4.78 is 0.910. The van der Waals surface area contributed by atoms with Gasteiger partial charge in [0.05, 0.1) is 11.2 Å². The second-order valence-electron chi connectivity index (χ2n) is 4.47. The zero-order chi connectivity index (χ0) is 14.1. The van der Waals surface area contributed by atoms with E-state index in [0.717, 1.165) is 37.5 Å². The number of anilines is 2. The number of nitrogens with one attached hydrogen (secondary N) is 1. The van der Waals surface area contributed by atoms with Gasteiger partial charge in [-0.2, -0.15) is 0 Å². The van der Waals surface area contributed by atoms with Gasteiger partial charge in [0.1, 0.15) is 5.52 Å². The Balaban J connectivity index is 2.04. The number of fused-ring (bicyclic) bond motifs is 1. The van der Waals surface area contributed by atoms with E-state index >= 15 is 0 Å². The summed E-state index contributed by atoms with van der Waals surface area (Å²) in [7, 11) is 0. The van der Waals surface area contributed by atoms with E-state index in [1.54, 1.807) is 12.4 Å². The summed E-state index contributed by atoms with van der Waals surface area (Å²) >= 11 is 9.55. The van der Waals surface area contributed by atoms with Crippen molar-refractivity contribution in [3.8, 4) is 0 Å². The van der Waals surface area contributed by atoms with Gasteiger partial charge < -0.3 is 5.32 Å². The van der Waals surface area contributed by atoms with Crippen molar-refractivity contribution in [2.24, 2.45) is 0 Å². The van der Waals surface area contributed by atoms with E-state index in [0.29, 0.717) is 0 Å². The van der Waals surface area contributed by atoms with E-state index in [1.165, 1.54) is 0 Å². The average Bonchev–Trinajstić information content (AvgIpc) is 2.43. The summed E-state index contributed by atoms with van der Waals surface area (Å²) in [5.74, 6) is 0. The molecular weight excluding hydrogens is 338 g/mol. The molecule has 0 aliphatic rings. The molecule has 5 heteroatoms. The maximum atomic E-state index is 6.14. The molecule has 3 rings (SSSR count). The van der Waals surface area contributed by atoms with Crippen LogP contribution >= 0.6 is 27.5 Å². The van der Waals surface area contributed by atoms with Crippen molar-refractivity contribution in [1.82, 2.24) is 9.97 Å². The zero-order valence-corrected chi connectivity index (χ0v) is 13.0. The fourth-order valence-electron chi connectivity index (χ4n) is 1.93. The molecule has 0 unspecified atom stereocenters. The quantitative estimate of drug-likeness (QED) is 0.700. The first-order valence-electron chi connectivity index (χ1n) is 6.07. The normalized spacial score (nSPS) is 10.8. The molecule has 100 valence electrons. The lowest BCUT2D eigenvalue weighted by Crippen LogP contribution is -1.94. The molecule has 0 bridgehead atoms. The predicted molar refractivity (Wildman–Crippen MR) is 86.7 cm³/mol. The summed E-state index contributed by atoms with van der Waals surface area (Å²) in [4.78, 5) is 8.73. The number of aryl methyl sites for hydroxylation is 1. The van der Waals surface area contributed by atoms with Gasteiger partial charge in [0.2, 0.25) is 0 Å². The van der Waals surface area contributed by atoms with Crippen LogP contribution < -0.4 is 5.32 Å². The Kier molecular flexibility index (Phi) is 3.59. The van der Waals surface area contributed by atoms with Crippen molar-refractivity contribution in [2.75, 3.05) is 5.32 Å². The lowest BCUT2D eigenvalue weighted by molar-refractivity contribution is 1.32. The highest BCUT2D eigenvalue weighted by molar-refractivity contribution is 9.10. The first kappa shape index (κ1) is 13.3. The molecule has 0 fully saturated rings. The van der Waals surface area contributed by atoms with Crippen molar-refractivity contribution >= 4 is 49.9 Å². The van der Waals surface area contributed by atoms with Crippen LogP contribution in [0.4, 0.5) is 11.4 Å². The molecule has 0 spiro atoms. The molecule has 0 aliphatic heterocycles. The Morgan fingerprint density at radius 3 is 2.80 bits per heavy atom. The van der Waals surface area contributed by atoms with Gasteiger partial charge in [-0.1, -0.05) is 17.7 Å². The lowest BCUT2D eigenvalue weighted by atomic mass is 10.2. The molecule has 20 heavy (non-hydrogen) atoms. The molecule has 3 nitrogen and oxygen atoms in total. The van der Waals surface area contributed by atoms with Crippen molar-refractivity contribution in [1.29, 1.82) is 0 Å². The summed E-state index contributed by atoms with van der Waals surface area (Å²) in [5.41, 5.74) is 4.55. The van der Waals surface area contributed by atoms with Crippen molar-refractivity contribution in [2.45, 2.75) is 6.92 Å². The molecule has 3 aromatic rings. The molecule has 2 heterocycles. The van der Waals surface area contributed by atoms with Gasteiger partial charge in [0.25, 0.3) is 0 Å². The number of halogens is 2. The molecule has 0 saturated carbocycles. The first-order chi connectivity index (χ1) is 9.63.